The highest BCUT2D eigenvalue weighted by Gasteiger charge is 2.00. The summed E-state index contributed by atoms with van der Waals surface area (Å²) >= 11 is 3.25. The zero-order chi connectivity index (χ0) is 9.84. The lowest BCUT2D eigenvalue weighted by Crippen LogP contribution is -2.42. The molecule has 0 bridgehead atoms. The number of carbonyl (C=O) groups excluding carboxylic acids is 1. The van der Waals surface area contributed by atoms with Crippen molar-refractivity contribution in [2.75, 3.05) is 11.6 Å². The minimum atomic E-state index is -1.21. The maximum atomic E-state index is 10.2. The molecule has 0 fully saturated rings. The molecule has 5 heteroatoms. The van der Waals surface area contributed by atoms with Crippen molar-refractivity contribution in [2.45, 2.75) is 0 Å². The van der Waals surface area contributed by atoms with Crippen molar-refractivity contribution in [1.29, 1.82) is 0 Å². The smallest absolute Gasteiger partial charge is 0.0737 e. The molecule has 0 saturated carbocycles. The molecule has 0 atom stereocenters. The van der Waals surface area contributed by atoms with E-state index < -0.39 is 5.97 Å². The van der Waals surface area contributed by atoms with Gasteiger partial charge in [-0.05, 0) is 18.2 Å². The van der Waals surface area contributed by atoms with Gasteiger partial charge in [0.15, 0.2) is 0 Å². The number of nitrogens with two attached hydrogens (primary N) is 1. The Kier molecular flexibility index (Phi) is 3.27. The first-order valence-electron chi connectivity index (χ1n) is 3.57. The Morgan fingerprint density at radius 1 is 1.62 bits per heavy atom. The summed E-state index contributed by atoms with van der Waals surface area (Å²) in [6, 6.07) is 7.04. The van der Waals surface area contributed by atoms with Crippen LogP contribution in [0, 0.1) is 0 Å². The van der Waals surface area contributed by atoms with Crippen molar-refractivity contribution in [1.82, 2.24) is 0 Å². The summed E-state index contributed by atoms with van der Waals surface area (Å²) in [5, 5.41) is 11.3. The van der Waals surface area contributed by atoms with Gasteiger partial charge in [-0.1, -0.05) is 22.0 Å². The molecule has 13 heavy (non-hydrogen) atoms. The zero-order valence-electron chi connectivity index (χ0n) is 6.74. The number of carbonyl (C=O) groups is 1. The monoisotopic (exact) mass is 243 g/mol. The predicted molar refractivity (Wildman–Crippen MR) is 50.7 cm³/mol. The third kappa shape index (κ3) is 3.04. The number of halogens is 1. The maximum absolute atomic E-state index is 10.2. The van der Waals surface area contributed by atoms with Crippen LogP contribution < -0.4 is 16.0 Å². The van der Waals surface area contributed by atoms with Crippen LogP contribution in [0.5, 0.6) is 0 Å². The van der Waals surface area contributed by atoms with Crippen molar-refractivity contribution >= 4 is 27.6 Å². The van der Waals surface area contributed by atoms with E-state index in [1.54, 1.807) is 18.2 Å². The predicted octanol–water partition coefficient (Wildman–Crippen LogP) is -0.121. The van der Waals surface area contributed by atoms with Crippen molar-refractivity contribution in [3.8, 4) is 0 Å². The van der Waals surface area contributed by atoms with E-state index in [9.17, 15) is 9.90 Å². The zero-order valence-corrected chi connectivity index (χ0v) is 8.32. The van der Waals surface area contributed by atoms with Crippen molar-refractivity contribution < 1.29 is 9.90 Å². The summed E-state index contributed by atoms with van der Waals surface area (Å²) in [7, 11) is 0. The molecule has 0 spiro atoms. The molecule has 0 aliphatic heterocycles. The van der Waals surface area contributed by atoms with Gasteiger partial charge in [0.05, 0.1) is 18.2 Å². The molecule has 0 unspecified atom stereocenters. The molecule has 0 aromatic heterocycles. The number of hydrogen-bond acceptors (Lipinski definition) is 4. The second-order valence-electron chi connectivity index (χ2n) is 2.48. The van der Waals surface area contributed by atoms with Crippen LogP contribution in [0.25, 0.3) is 0 Å². The Morgan fingerprint density at radius 3 is 2.85 bits per heavy atom. The molecule has 4 nitrogen and oxygen atoms in total. The number of aliphatic carboxylic acids is 1. The fourth-order valence-electron chi connectivity index (χ4n) is 0.885. The van der Waals surface area contributed by atoms with Gasteiger partial charge in [-0.2, -0.15) is 0 Å². The number of nitrogens with zero attached hydrogens (tertiary/aromatic N) is 1. The molecule has 0 amide bonds. The van der Waals surface area contributed by atoms with Crippen LogP contribution in [0.4, 0.5) is 5.69 Å². The lowest BCUT2D eigenvalue weighted by Gasteiger charge is -2.18. The van der Waals surface area contributed by atoms with Gasteiger partial charge < -0.3 is 14.9 Å². The van der Waals surface area contributed by atoms with E-state index in [1.165, 1.54) is 0 Å². The molecule has 1 aromatic rings. The van der Waals surface area contributed by atoms with Crippen LogP contribution in [0.3, 0.4) is 0 Å². The molecule has 0 aliphatic rings. The average molecular weight is 244 g/mol. The number of rotatable bonds is 3. The summed E-state index contributed by atoms with van der Waals surface area (Å²) < 4.78 is 0.846. The van der Waals surface area contributed by atoms with Crippen molar-refractivity contribution in [3.63, 3.8) is 0 Å². The first-order valence-corrected chi connectivity index (χ1v) is 4.36. The summed E-state index contributed by atoms with van der Waals surface area (Å²) in [5.74, 6) is 4.25. The second-order valence-corrected chi connectivity index (χ2v) is 3.40. The number of carboxylic acid groups (broad SMARTS) is 1. The maximum Gasteiger partial charge on any atom is 0.0737 e. The van der Waals surface area contributed by atoms with Gasteiger partial charge in [-0.15, -0.1) is 0 Å². The van der Waals surface area contributed by atoms with E-state index in [0.717, 1.165) is 9.48 Å². The number of hydrogen-bond donors (Lipinski definition) is 1. The van der Waals surface area contributed by atoms with E-state index in [0.29, 0.717) is 5.69 Å². The van der Waals surface area contributed by atoms with Crippen LogP contribution in [0.1, 0.15) is 0 Å². The molecule has 0 saturated heterocycles. The Balaban J connectivity index is 2.76. The lowest BCUT2D eigenvalue weighted by atomic mass is 10.3. The molecule has 1 aromatic carbocycles. The molecule has 0 aliphatic carbocycles. The largest absolute Gasteiger partial charge is 0.548 e. The molecule has 1 rings (SSSR count). The Hall–Kier alpha value is -1.07. The van der Waals surface area contributed by atoms with Crippen LogP contribution in [0.15, 0.2) is 28.7 Å². The highest BCUT2D eigenvalue weighted by Crippen LogP contribution is 2.17. The fraction of sp³-hybridized carbons (Fsp3) is 0.125. The minimum Gasteiger partial charge on any atom is -0.548 e. The molecular weight excluding hydrogens is 236 g/mol. The third-order valence-electron chi connectivity index (χ3n) is 1.44. The van der Waals surface area contributed by atoms with Gasteiger partial charge in [0.25, 0.3) is 0 Å². The third-order valence-corrected chi connectivity index (χ3v) is 1.93. The number of anilines is 1. The molecular formula is C8H8BrN2O2-. The SMILES string of the molecule is NN(CC(=O)[O-])c1cccc(Br)c1. The fourth-order valence-corrected chi connectivity index (χ4v) is 1.27. The first kappa shape index (κ1) is 10.0. The molecule has 70 valence electrons. The molecule has 0 heterocycles. The Morgan fingerprint density at radius 2 is 2.31 bits per heavy atom. The van der Waals surface area contributed by atoms with E-state index in [4.69, 9.17) is 5.84 Å². The van der Waals surface area contributed by atoms with Crippen molar-refractivity contribution in [2.24, 2.45) is 5.84 Å². The average Bonchev–Trinajstić information content (AvgIpc) is 2.03. The summed E-state index contributed by atoms with van der Waals surface area (Å²) in [6.45, 7) is -0.323. The highest BCUT2D eigenvalue weighted by atomic mass is 79.9. The summed E-state index contributed by atoms with van der Waals surface area (Å²) in [5.41, 5.74) is 0.624. The van der Waals surface area contributed by atoms with Crippen LogP contribution >= 0.6 is 15.9 Å². The van der Waals surface area contributed by atoms with Gasteiger partial charge in [-0.3, -0.25) is 0 Å². The van der Waals surface area contributed by atoms with E-state index in [-0.39, 0.29) is 6.54 Å². The second kappa shape index (κ2) is 4.25. The summed E-state index contributed by atoms with van der Waals surface area (Å²) in [4.78, 5) is 10.2. The number of benzene rings is 1. The Labute approximate surface area is 84.1 Å². The minimum absolute atomic E-state index is 0.323. The highest BCUT2D eigenvalue weighted by molar-refractivity contribution is 9.10. The van der Waals surface area contributed by atoms with E-state index >= 15 is 0 Å². The lowest BCUT2D eigenvalue weighted by molar-refractivity contribution is -0.303. The van der Waals surface area contributed by atoms with E-state index in [1.807, 2.05) is 6.07 Å². The van der Waals surface area contributed by atoms with Crippen LogP contribution in [-0.4, -0.2) is 12.5 Å². The number of hydrazine groups is 1. The van der Waals surface area contributed by atoms with Gasteiger partial charge in [0.1, 0.15) is 0 Å². The molecule has 0 radical (unpaired) electrons. The van der Waals surface area contributed by atoms with Crippen LogP contribution in [0.2, 0.25) is 0 Å². The van der Waals surface area contributed by atoms with Gasteiger partial charge in [-0.25, -0.2) is 5.84 Å². The van der Waals surface area contributed by atoms with Gasteiger partial charge in [0.2, 0.25) is 0 Å². The Bertz CT molecular complexity index is 317. The van der Waals surface area contributed by atoms with E-state index in [2.05, 4.69) is 15.9 Å². The standard InChI is InChI=1S/C8H9BrN2O2/c9-6-2-1-3-7(4-6)11(10)5-8(12)13/h1-4H,5,10H2,(H,12,13)/p-1. The quantitative estimate of drug-likeness (QED) is 0.594. The van der Waals surface area contributed by atoms with Crippen molar-refractivity contribution in [3.05, 3.63) is 28.7 Å². The van der Waals surface area contributed by atoms with Gasteiger partial charge in [0, 0.05) is 4.47 Å². The number of carboxylic acids is 1. The topological polar surface area (TPSA) is 69.4 Å². The van der Waals surface area contributed by atoms with Gasteiger partial charge >= 0.3 is 0 Å². The molecule has 2 N–H and O–H groups in total. The first-order chi connectivity index (χ1) is 6.09. The normalized spacial score (nSPS) is 9.69. The summed E-state index contributed by atoms with van der Waals surface area (Å²) in [6.07, 6.45) is 0. The van der Waals surface area contributed by atoms with Crippen LogP contribution in [-0.2, 0) is 4.79 Å².